The second-order valence-electron chi connectivity index (χ2n) is 2.16. The third-order valence-electron chi connectivity index (χ3n) is 1.24. The Morgan fingerprint density at radius 2 is 1.62 bits per heavy atom. The van der Waals surface area contributed by atoms with Crippen LogP contribution in [0.3, 0.4) is 0 Å². The van der Waals surface area contributed by atoms with Crippen LogP contribution in [0, 0.1) is 0 Å². The molecular formula is C6H14N2. The first kappa shape index (κ1) is 7.34. The molecule has 48 valence electrons. The van der Waals surface area contributed by atoms with Crippen molar-refractivity contribution in [1.82, 2.24) is 4.90 Å². The van der Waals surface area contributed by atoms with Crippen LogP contribution in [-0.2, 0) is 0 Å². The Bertz CT molecular complexity index is 99.1. The zero-order valence-corrected chi connectivity index (χ0v) is 6.02. The Labute approximate surface area is 51.0 Å². The van der Waals surface area contributed by atoms with Crippen molar-refractivity contribution in [1.29, 1.82) is 0 Å². The molecule has 0 rings (SSSR count). The van der Waals surface area contributed by atoms with Gasteiger partial charge in [0.2, 0.25) is 0 Å². The normalized spacial score (nSPS) is 13.0. The molecule has 0 fully saturated rings. The Balaban J connectivity index is 4.00. The maximum absolute atomic E-state index is 5.47. The van der Waals surface area contributed by atoms with Gasteiger partial charge in [-0.05, 0) is 13.8 Å². The van der Waals surface area contributed by atoms with Crippen molar-refractivity contribution in [2.75, 3.05) is 14.1 Å². The lowest BCUT2D eigenvalue weighted by atomic mass is 10.4. The molecule has 2 N–H and O–H groups in total. The van der Waals surface area contributed by atoms with E-state index in [9.17, 15) is 0 Å². The van der Waals surface area contributed by atoms with Crippen LogP contribution in [0.4, 0.5) is 0 Å². The molecule has 0 aliphatic rings. The fraction of sp³-hybridized carbons (Fsp3) is 0.667. The Kier molecular flexibility index (Phi) is 2.38. The van der Waals surface area contributed by atoms with E-state index in [2.05, 4.69) is 0 Å². The minimum absolute atomic E-state index is 0.884. The molecule has 0 amide bonds. The Morgan fingerprint density at radius 1 is 1.25 bits per heavy atom. The number of hydrogen-bond donors (Lipinski definition) is 1. The summed E-state index contributed by atoms with van der Waals surface area (Å²) in [6.07, 6.45) is 0. The van der Waals surface area contributed by atoms with E-state index in [4.69, 9.17) is 5.73 Å². The molecule has 0 unspecified atom stereocenters. The molecule has 0 aliphatic heterocycles. The highest BCUT2D eigenvalue weighted by atomic mass is 15.1. The molecule has 0 aromatic rings. The van der Waals surface area contributed by atoms with Gasteiger partial charge in [0.1, 0.15) is 0 Å². The zero-order chi connectivity index (χ0) is 6.73. The molecule has 0 aliphatic carbocycles. The number of rotatable bonds is 1. The quantitative estimate of drug-likeness (QED) is 0.545. The Hall–Kier alpha value is -0.660. The van der Waals surface area contributed by atoms with Gasteiger partial charge in [-0.3, -0.25) is 0 Å². The summed E-state index contributed by atoms with van der Waals surface area (Å²) in [7, 11) is 3.96. The molecule has 0 aromatic carbocycles. The maximum atomic E-state index is 5.47. The molecule has 0 spiro atoms. The van der Waals surface area contributed by atoms with Crippen LogP contribution < -0.4 is 5.73 Å². The van der Waals surface area contributed by atoms with Gasteiger partial charge in [-0.1, -0.05) is 0 Å². The smallest absolute Gasteiger partial charge is 0.0283 e. The first-order valence-corrected chi connectivity index (χ1v) is 2.66. The van der Waals surface area contributed by atoms with Crippen LogP contribution in [0.1, 0.15) is 13.8 Å². The van der Waals surface area contributed by atoms with Crippen LogP contribution in [-0.4, -0.2) is 19.0 Å². The summed E-state index contributed by atoms with van der Waals surface area (Å²) < 4.78 is 0. The van der Waals surface area contributed by atoms with Crippen molar-refractivity contribution in [3.8, 4) is 0 Å². The Morgan fingerprint density at radius 3 is 1.62 bits per heavy atom. The lowest BCUT2D eigenvalue weighted by Crippen LogP contribution is -2.12. The van der Waals surface area contributed by atoms with Gasteiger partial charge < -0.3 is 10.6 Å². The highest BCUT2D eigenvalue weighted by Crippen LogP contribution is 1.97. The van der Waals surface area contributed by atoms with Crippen LogP contribution in [0.25, 0.3) is 0 Å². The molecule has 0 saturated heterocycles. The van der Waals surface area contributed by atoms with Gasteiger partial charge in [0, 0.05) is 25.5 Å². The molecule has 2 heteroatoms. The predicted molar refractivity (Wildman–Crippen MR) is 36.2 cm³/mol. The second kappa shape index (κ2) is 2.60. The second-order valence-corrected chi connectivity index (χ2v) is 2.16. The van der Waals surface area contributed by atoms with E-state index in [1.165, 1.54) is 0 Å². The topological polar surface area (TPSA) is 29.3 Å². The monoisotopic (exact) mass is 114 g/mol. The molecular weight excluding hydrogens is 100 g/mol. The van der Waals surface area contributed by atoms with Gasteiger partial charge in [-0.15, -0.1) is 0 Å². The van der Waals surface area contributed by atoms with Crippen molar-refractivity contribution >= 4 is 0 Å². The van der Waals surface area contributed by atoms with Gasteiger partial charge in [-0.25, -0.2) is 0 Å². The average Bonchev–Trinajstić information content (AvgIpc) is 1.64. The lowest BCUT2D eigenvalue weighted by molar-refractivity contribution is 0.506. The minimum Gasteiger partial charge on any atom is -0.401 e. The summed E-state index contributed by atoms with van der Waals surface area (Å²) in [6, 6.07) is 0. The van der Waals surface area contributed by atoms with E-state index >= 15 is 0 Å². The van der Waals surface area contributed by atoms with E-state index in [-0.39, 0.29) is 0 Å². The van der Waals surface area contributed by atoms with E-state index in [1.807, 2.05) is 32.8 Å². The van der Waals surface area contributed by atoms with E-state index in [1.54, 1.807) is 0 Å². The molecule has 2 nitrogen and oxygen atoms in total. The molecule has 0 atom stereocenters. The molecule has 0 radical (unpaired) electrons. The third-order valence-corrected chi connectivity index (χ3v) is 1.24. The van der Waals surface area contributed by atoms with Crippen molar-refractivity contribution in [3.63, 3.8) is 0 Å². The van der Waals surface area contributed by atoms with Crippen LogP contribution in [0.5, 0.6) is 0 Å². The van der Waals surface area contributed by atoms with E-state index in [0.717, 1.165) is 11.4 Å². The number of nitrogens with two attached hydrogens (primary N) is 1. The van der Waals surface area contributed by atoms with Crippen molar-refractivity contribution in [3.05, 3.63) is 11.4 Å². The van der Waals surface area contributed by atoms with Crippen molar-refractivity contribution in [2.45, 2.75) is 13.8 Å². The molecule has 8 heavy (non-hydrogen) atoms. The summed E-state index contributed by atoms with van der Waals surface area (Å²) in [4.78, 5) is 2.00. The van der Waals surface area contributed by atoms with Crippen LogP contribution in [0.2, 0.25) is 0 Å². The van der Waals surface area contributed by atoms with Gasteiger partial charge >= 0.3 is 0 Å². The standard InChI is InChI=1S/C6H14N2/c1-5(7)6(2)8(3)4/h7H2,1-4H3/b6-5-. The van der Waals surface area contributed by atoms with E-state index in [0.29, 0.717) is 0 Å². The molecule has 0 bridgehead atoms. The fourth-order valence-corrected chi connectivity index (χ4v) is 0.353. The maximum Gasteiger partial charge on any atom is 0.0283 e. The summed E-state index contributed by atoms with van der Waals surface area (Å²) >= 11 is 0. The summed E-state index contributed by atoms with van der Waals surface area (Å²) in [6.45, 7) is 3.89. The summed E-state index contributed by atoms with van der Waals surface area (Å²) in [5.41, 5.74) is 7.49. The number of hydrogen-bond acceptors (Lipinski definition) is 2. The highest BCUT2D eigenvalue weighted by molar-refractivity contribution is 5.02. The van der Waals surface area contributed by atoms with Gasteiger partial charge in [0.15, 0.2) is 0 Å². The summed E-state index contributed by atoms with van der Waals surface area (Å²) in [5, 5.41) is 0. The number of nitrogens with zero attached hydrogens (tertiary/aromatic N) is 1. The van der Waals surface area contributed by atoms with Crippen LogP contribution in [0.15, 0.2) is 11.4 Å². The SMILES string of the molecule is C/C(N)=C(\C)N(C)C. The van der Waals surface area contributed by atoms with Crippen molar-refractivity contribution < 1.29 is 0 Å². The zero-order valence-electron chi connectivity index (χ0n) is 6.02. The molecule has 0 saturated carbocycles. The first-order chi connectivity index (χ1) is 3.55. The fourth-order valence-electron chi connectivity index (χ4n) is 0.353. The number of allylic oxidation sites excluding steroid dienone is 2. The first-order valence-electron chi connectivity index (χ1n) is 2.66. The van der Waals surface area contributed by atoms with Crippen molar-refractivity contribution in [2.24, 2.45) is 5.73 Å². The molecule has 0 aromatic heterocycles. The highest BCUT2D eigenvalue weighted by Gasteiger charge is 1.91. The summed E-state index contributed by atoms with van der Waals surface area (Å²) in [5.74, 6) is 0. The third kappa shape index (κ3) is 1.87. The minimum atomic E-state index is 0.884. The molecule has 0 heterocycles. The predicted octanol–water partition coefficient (Wildman–Crippen LogP) is 0.758. The average molecular weight is 114 g/mol. The largest absolute Gasteiger partial charge is 0.401 e. The van der Waals surface area contributed by atoms with Gasteiger partial charge in [0.25, 0.3) is 0 Å². The lowest BCUT2D eigenvalue weighted by Gasteiger charge is -2.13. The van der Waals surface area contributed by atoms with Gasteiger partial charge in [0.05, 0.1) is 0 Å². The van der Waals surface area contributed by atoms with E-state index < -0.39 is 0 Å². The van der Waals surface area contributed by atoms with Crippen LogP contribution >= 0.6 is 0 Å². The van der Waals surface area contributed by atoms with Gasteiger partial charge in [-0.2, -0.15) is 0 Å².